The summed E-state index contributed by atoms with van der Waals surface area (Å²) in [5.74, 6) is 0. The number of rotatable bonds is 5. The van der Waals surface area contributed by atoms with E-state index in [2.05, 4.69) is 34.8 Å². The average molecular weight is 356 g/mol. The second kappa shape index (κ2) is 6.65. The van der Waals surface area contributed by atoms with Crippen molar-refractivity contribution in [2.24, 2.45) is 0 Å². The van der Waals surface area contributed by atoms with Gasteiger partial charge in [0.1, 0.15) is 0 Å². The number of aromatic nitrogens is 1. The minimum Gasteiger partial charge on any atom is -0.361 e. The summed E-state index contributed by atoms with van der Waals surface area (Å²) >= 11 is 0. The monoisotopic (exact) mass is 356 g/mol. The van der Waals surface area contributed by atoms with Crippen molar-refractivity contribution < 1.29 is 8.42 Å². The minimum atomic E-state index is -3.51. The average Bonchev–Trinajstić information content (AvgIpc) is 2.88. The molecule has 0 radical (unpaired) electrons. The number of aromatic amines is 1. The molecule has 0 saturated carbocycles. The number of benzene rings is 2. The summed E-state index contributed by atoms with van der Waals surface area (Å²) in [5.41, 5.74) is 6.04. The molecule has 1 aromatic heterocycles. The first-order chi connectivity index (χ1) is 11.8. The zero-order valence-corrected chi connectivity index (χ0v) is 15.9. The fourth-order valence-electron chi connectivity index (χ4n) is 3.48. The van der Waals surface area contributed by atoms with Crippen molar-refractivity contribution in [2.75, 3.05) is 6.54 Å². The zero-order chi connectivity index (χ0) is 18.2. The molecule has 0 unspecified atom stereocenters. The fourth-order valence-corrected chi connectivity index (χ4v) is 4.96. The molecule has 1 heterocycles. The molecule has 0 fully saturated rings. The van der Waals surface area contributed by atoms with Gasteiger partial charge in [-0.2, -0.15) is 0 Å². The molecule has 0 bridgehead atoms. The third-order valence-corrected chi connectivity index (χ3v) is 6.25. The molecular weight excluding hydrogens is 332 g/mol. The van der Waals surface area contributed by atoms with Gasteiger partial charge in [-0.25, -0.2) is 13.1 Å². The van der Waals surface area contributed by atoms with Crippen molar-refractivity contribution in [3.63, 3.8) is 0 Å². The van der Waals surface area contributed by atoms with Crippen LogP contribution in [0.2, 0.25) is 0 Å². The van der Waals surface area contributed by atoms with Gasteiger partial charge in [-0.05, 0) is 62.9 Å². The molecule has 0 saturated heterocycles. The van der Waals surface area contributed by atoms with E-state index >= 15 is 0 Å². The Morgan fingerprint density at radius 1 is 0.960 bits per heavy atom. The molecule has 2 N–H and O–H groups in total. The summed E-state index contributed by atoms with van der Waals surface area (Å²) in [4.78, 5) is 3.64. The minimum absolute atomic E-state index is 0.371. The lowest BCUT2D eigenvalue weighted by molar-refractivity contribution is 0.580. The van der Waals surface area contributed by atoms with Gasteiger partial charge in [0, 0.05) is 23.6 Å². The Balaban J connectivity index is 1.78. The van der Waals surface area contributed by atoms with Crippen LogP contribution in [0.25, 0.3) is 10.9 Å². The molecule has 0 atom stereocenters. The number of hydrogen-bond donors (Lipinski definition) is 2. The number of H-pyrrole nitrogens is 1. The summed E-state index contributed by atoms with van der Waals surface area (Å²) in [7, 11) is -3.51. The van der Waals surface area contributed by atoms with Crippen LogP contribution in [0.4, 0.5) is 0 Å². The quantitative estimate of drug-likeness (QED) is 0.728. The van der Waals surface area contributed by atoms with Crippen LogP contribution in [-0.2, 0) is 16.4 Å². The molecular formula is C20H24N2O2S. The maximum Gasteiger partial charge on any atom is 0.241 e. The number of hydrogen-bond acceptors (Lipinski definition) is 2. The highest BCUT2D eigenvalue weighted by atomic mass is 32.2. The summed E-state index contributed by atoms with van der Waals surface area (Å²) in [6.45, 7) is 8.09. The standard InChI is InChI=1S/C20H24N2O2S/c1-13-5-6-19-18(11-13)17(12-21-19)7-8-22-25(23,24)20-15(3)9-14(2)10-16(20)4/h5-6,9-12,21-22H,7-8H2,1-4H3. The Bertz CT molecular complexity index is 1010. The molecule has 0 spiro atoms. The van der Waals surface area contributed by atoms with E-state index in [1.807, 2.05) is 39.1 Å². The highest BCUT2D eigenvalue weighted by Gasteiger charge is 2.19. The molecule has 4 nitrogen and oxygen atoms in total. The lowest BCUT2D eigenvalue weighted by Gasteiger charge is -2.13. The first-order valence-electron chi connectivity index (χ1n) is 8.42. The second-order valence-electron chi connectivity index (χ2n) is 6.74. The highest BCUT2D eigenvalue weighted by Crippen LogP contribution is 2.22. The molecule has 5 heteroatoms. The number of sulfonamides is 1. The van der Waals surface area contributed by atoms with Crippen LogP contribution in [-0.4, -0.2) is 19.9 Å². The van der Waals surface area contributed by atoms with E-state index < -0.39 is 10.0 Å². The van der Waals surface area contributed by atoms with Gasteiger partial charge in [0.25, 0.3) is 0 Å². The smallest absolute Gasteiger partial charge is 0.241 e. The lowest BCUT2D eigenvalue weighted by Crippen LogP contribution is -2.27. The van der Waals surface area contributed by atoms with Crippen LogP contribution in [0.5, 0.6) is 0 Å². The van der Waals surface area contributed by atoms with Gasteiger partial charge in [-0.1, -0.05) is 29.3 Å². The zero-order valence-electron chi connectivity index (χ0n) is 15.1. The molecule has 132 valence electrons. The third kappa shape index (κ3) is 3.62. The number of aryl methyl sites for hydroxylation is 4. The second-order valence-corrected chi connectivity index (χ2v) is 8.44. The number of fused-ring (bicyclic) bond motifs is 1. The van der Waals surface area contributed by atoms with Crippen molar-refractivity contribution in [2.45, 2.75) is 39.0 Å². The van der Waals surface area contributed by atoms with E-state index in [9.17, 15) is 8.42 Å². The maximum absolute atomic E-state index is 12.7. The number of nitrogens with one attached hydrogen (secondary N) is 2. The Morgan fingerprint density at radius 2 is 1.64 bits per heavy atom. The van der Waals surface area contributed by atoms with E-state index in [-0.39, 0.29) is 0 Å². The van der Waals surface area contributed by atoms with Crippen LogP contribution >= 0.6 is 0 Å². The lowest BCUT2D eigenvalue weighted by atomic mass is 10.1. The first-order valence-corrected chi connectivity index (χ1v) is 9.90. The van der Waals surface area contributed by atoms with Crippen molar-refractivity contribution in [1.82, 2.24) is 9.71 Å². The topological polar surface area (TPSA) is 62.0 Å². The first kappa shape index (κ1) is 17.7. The van der Waals surface area contributed by atoms with Crippen molar-refractivity contribution in [3.8, 4) is 0 Å². The van der Waals surface area contributed by atoms with Gasteiger partial charge in [-0.15, -0.1) is 0 Å². The van der Waals surface area contributed by atoms with Crippen LogP contribution in [0.15, 0.2) is 41.4 Å². The Kier molecular flexibility index (Phi) is 4.71. The summed E-state index contributed by atoms with van der Waals surface area (Å²) in [5, 5.41) is 1.15. The van der Waals surface area contributed by atoms with Gasteiger partial charge >= 0.3 is 0 Å². The van der Waals surface area contributed by atoms with E-state index in [1.54, 1.807) is 0 Å². The predicted octanol–water partition coefficient (Wildman–Crippen LogP) is 3.92. The van der Waals surface area contributed by atoms with Crippen LogP contribution in [0, 0.1) is 27.7 Å². The fraction of sp³-hybridized carbons (Fsp3) is 0.300. The molecule has 0 aliphatic heterocycles. The third-order valence-electron chi connectivity index (χ3n) is 4.48. The van der Waals surface area contributed by atoms with Gasteiger partial charge in [0.15, 0.2) is 0 Å². The molecule has 25 heavy (non-hydrogen) atoms. The van der Waals surface area contributed by atoms with E-state index in [1.165, 1.54) is 5.56 Å². The Labute approximate surface area is 149 Å². The summed E-state index contributed by atoms with van der Waals surface area (Å²) < 4.78 is 28.2. The van der Waals surface area contributed by atoms with Crippen LogP contribution in [0.1, 0.15) is 27.8 Å². The van der Waals surface area contributed by atoms with E-state index in [0.29, 0.717) is 17.9 Å². The van der Waals surface area contributed by atoms with E-state index in [0.717, 1.165) is 33.2 Å². The summed E-state index contributed by atoms with van der Waals surface area (Å²) in [6.07, 6.45) is 2.60. The Hall–Kier alpha value is -2.11. The van der Waals surface area contributed by atoms with Crippen molar-refractivity contribution in [1.29, 1.82) is 0 Å². The molecule has 0 amide bonds. The van der Waals surface area contributed by atoms with Gasteiger partial charge in [0.05, 0.1) is 4.90 Å². The summed E-state index contributed by atoms with van der Waals surface area (Å²) in [6, 6.07) is 10.1. The molecule has 0 aliphatic carbocycles. The predicted molar refractivity (Wildman–Crippen MR) is 103 cm³/mol. The van der Waals surface area contributed by atoms with Crippen molar-refractivity contribution >= 4 is 20.9 Å². The van der Waals surface area contributed by atoms with E-state index in [4.69, 9.17) is 0 Å². The molecule has 2 aromatic carbocycles. The molecule has 0 aliphatic rings. The Morgan fingerprint density at radius 3 is 2.32 bits per heavy atom. The highest BCUT2D eigenvalue weighted by molar-refractivity contribution is 7.89. The van der Waals surface area contributed by atoms with Crippen LogP contribution < -0.4 is 4.72 Å². The van der Waals surface area contributed by atoms with Gasteiger partial charge in [0.2, 0.25) is 10.0 Å². The van der Waals surface area contributed by atoms with Crippen molar-refractivity contribution in [3.05, 3.63) is 64.3 Å². The molecule has 3 rings (SSSR count). The molecule has 3 aromatic rings. The van der Waals surface area contributed by atoms with Crippen LogP contribution in [0.3, 0.4) is 0 Å². The van der Waals surface area contributed by atoms with Gasteiger partial charge in [-0.3, -0.25) is 0 Å². The van der Waals surface area contributed by atoms with Gasteiger partial charge < -0.3 is 4.98 Å². The largest absolute Gasteiger partial charge is 0.361 e. The maximum atomic E-state index is 12.7. The SMILES string of the molecule is Cc1cc(C)c(S(=O)(=O)NCCc2c[nH]c3ccc(C)cc23)c(C)c1. The normalized spacial score (nSPS) is 12.0.